The number of piperazine rings is 1. The minimum atomic E-state index is -0.554. The van der Waals surface area contributed by atoms with E-state index in [0.29, 0.717) is 18.2 Å². The first-order valence-corrected chi connectivity index (χ1v) is 9.06. The summed E-state index contributed by atoms with van der Waals surface area (Å²) >= 11 is 0. The Morgan fingerprint density at radius 3 is 2.80 bits per heavy atom. The second kappa shape index (κ2) is 8.67. The molecule has 2 heterocycles. The Balaban J connectivity index is 1.66. The van der Waals surface area contributed by atoms with Crippen molar-refractivity contribution < 1.29 is 9.53 Å². The molecule has 2 N–H and O–H groups in total. The topological polar surface area (TPSA) is 89.8 Å². The van der Waals surface area contributed by atoms with E-state index in [1.165, 1.54) is 25.6 Å². The first-order valence-electron chi connectivity index (χ1n) is 9.06. The van der Waals surface area contributed by atoms with E-state index >= 15 is 0 Å². The van der Waals surface area contributed by atoms with Crippen molar-refractivity contribution in [2.45, 2.75) is 32.1 Å². The largest absolute Gasteiger partial charge is 0.461 e. The van der Waals surface area contributed by atoms with E-state index in [4.69, 9.17) is 4.74 Å². The number of hydrogen-bond donors (Lipinski definition) is 2. The number of aliphatic imine (C=N–C) groups is 1. The number of esters is 1. The number of hydrogen-bond acceptors (Lipinski definition) is 7. The number of nitrogens with one attached hydrogen (secondary N) is 2. The molecule has 1 saturated carbocycles. The molecule has 0 aromatic rings. The lowest BCUT2D eigenvalue weighted by atomic mass is 9.90. The molecule has 0 aromatic heterocycles. The fourth-order valence-electron chi connectivity index (χ4n) is 3.42. The van der Waals surface area contributed by atoms with Crippen LogP contribution in [0.25, 0.3) is 0 Å². The van der Waals surface area contributed by atoms with Gasteiger partial charge in [-0.05, 0) is 18.8 Å². The Morgan fingerprint density at radius 1 is 1.32 bits per heavy atom. The van der Waals surface area contributed by atoms with Crippen LogP contribution in [0.1, 0.15) is 32.1 Å². The highest BCUT2D eigenvalue weighted by atomic mass is 16.5. The number of nitriles is 1. The van der Waals surface area contributed by atoms with E-state index in [1.807, 2.05) is 6.07 Å². The van der Waals surface area contributed by atoms with Gasteiger partial charge < -0.3 is 20.3 Å². The molecule has 0 atom stereocenters. The molecule has 7 heteroatoms. The van der Waals surface area contributed by atoms with Gasteiger partial charge >= 0.3 is 5.97 Å². The van der Waals surface area contributed by atoms with Crippen LogP contribution in [-0.4, -0.2) is 50.0 Å². The molecule has 1 aliphatic carbocycles. The second-order valence-corrected chi connectivity index (χ2v) is 6.65. The zero-order chi connectivity index (χ0) is 17.5. The van der Waals surface area contributed by atoms with Crippen molar-refractivity contribution in [2.24, 2.45) is 10.9 Å². The van der Waals surface area contributed by atoms with E-state index in [2.05, 4.69) is 20.5 Å². The first kappa shape index (κ1) is 17.5. The van der Waals surface area contributed by atoms with Crippen LogP contribution in [0, 0.1) is 17.2 Å². The molecule has 3 rings (SSSR count). The molecule has 0 aromatic carbocycles. The number of nitrogens with zero attached hydrogens (tertiary/aromatic N) is 3. The molecular weight excluding hydrogens is 318 g/mol. The SMILES string of the molecule is N#CC(C(=O)OCC1CCCCC1)=C1C=C(N2CCNCC2)N=CN1. The van der Waals surface area contributed by atoms with Gasteiger partial charge in [0.05, 0.1) is 18.6 Å². The van der Waals surface area contributed by atoms with Crippen LogP contribution >= 0.6 is 0 Å². The number of carbonyl (C=O) groups is 1. The molecule has 0 bridgehead atoms. The maximum absolute atomic E-state index is 12.4. The van der Waals surface area contributed by atoms with Crippen molar-refractivity contribution in [1.82, 2.24) is 15.5 Å². The number of rotatable bonds is 4. The highest BCUT2D eigenvalue weighted by molar-refractivity contribution is 5.95. The van der Waals surface area contributed by atoms with E-state index in [-0.39, 0.29) is 5.57 Å². The Kier molecular flexibility index (Phi) is 6.07. The van der Waals surface area contributed by atoms with Crippen LogP contribution in [0.3, 0.4) is 0 Å². The lowest BCUT2D eigenvalue weighted by molar-refractivity contribution is -0.140. The summed E-state index contributed by atoms with van der Waals surface area (Å²) < 4.78 is 5.41. The number of carbonyl (C=O) groups excluding carboxylic acids is 1. The van der Waals surface area contributed by atoms with Gasteiger partial charge in [-0.2, -0.15) is 5.26 Å². The summed E-state index contributed by atoms with van der Waals surface area (Å²) in [6.07, 6.45) is 9.14. The van der Waals surface area contributed by atoms with Crippen molar-refractivity contribution in [3.63, 3.8) is 0 Å². The molecule has 2 aliphatic heterocycles. The summed E-state index contributed by atoms with van der Waals surface area (Å²) in [5, 5.41) is 15.6. The highest BCUT2D eigenvalue weighted by Gasteiger charge is 2.22. The van der Waals surface area contributed by atoms with Gasteiger partial charge in [0, 0.05) is 32.3 Å². The minimum Gasteiger partial charge on any atom is -0.461 e. The molecule has 25 heavy (non-hydrogen) atoms. The summed E-state index contributed by atoms with van der Waals surface area (Å²) in [4.78, 5) is 18.8. The van der Waals surface area contributed by atoms with Crippen LogP contribution in [-0.2, 0) is 9.53 Å². The molecule has 0 amide bonds. The molecule has 1 saturated heterocycles. The van der Waals surface area contributed by atoms with Gasteiger partial charge in [0.25, 0.3) is 0 Å². The second-order valence-electron chi connectivity index (χ2n) is 6.65. The summed E-state index contributed by atoms with van der Waals surface area (Å²) in [6, 6.07) is 1.99. The van der Waals surface area contributed by atoms with Crippen LogP contribution in [0.2, 0.25) is 0 Å². The quantitative estimate of drug-likeness (QED) is 0.454. The first-order chi connectivity index (χ1) is 12.3. The van der Waals surface area contributed by atoms with Gasteiger partial charge in [-0.3, -0.25) is 0 Å². The smallest absolute Gasteiger partial charge is 0.351 e. The zero-order valence-electron chi connectivity index (χ0n) is 14.5. The predicted octanol–water partition coefficient (Wildman–Crippen LogP) is 1.27. The minimum absolute atomic E-state index is 0.00888. The molecule has 0 unspecified atom stereocenters. The monoisotopic (exact) mass is 343 g/mol. The van der Waals surface area contributed by atoms with Crippen molar-refractivity contribution in [3.8, 4) is 6.07 Å². The van der Waals surface area contributed by atoms with Gasteiger partial charge in [-0.1, -0.05) is 19.3 Å². The Hall–Kier alpha value is -2.33. The summed E-state index contributed by atoms with van der Waals surface area (Å²) in [7, 11) is 0. The lowest BCUT2D eigenvalue weighted by Gasteiger charge is -2.30. The van der Waals surface area contributed by atoms with Gasteiger partial charge in [0.2, 0.25) is 0 Å². The fourth-order valence-corrected chi connectivity index (χ4v) is 3.42. The van der Waals surface area contributed by atoms with E-state index in [9.17, 15) is 10.1 Å². The Bertz CT molecular complexity index is 620. The van der Waals surface area contributed by atoms with Crippen molar-refractivity contribution in [3.05, 3.63) is 23.2 Å². The number of ether oxygens (including phenoxy) is 1. The molecule has 134 valence electrons. The van der Waals surface area contributed by atoms with Crippen molar-refractivity contribution >= 4 is 12.3 Å². The van der Waals surface area contributed by atoms with E-state index in [0.717, 1.165) is 44.8 Å². The third-order valence-electron chi connectivity index (χ3n) is 4.89. The molecule has 7 nitrogen and oxygen atoms in total. The highest BCUT2D eigenvalue weighted by Crippen LogP contribution is 2.24. The summed E-state index contributed by atoms with van der Waals surface area (Å²) in [6.45, 7) is 3.90. The Labute approximate surface area is 148 Å². The lowest BCUT2D eigenvalue weighted by Crippen LogP contribution is -2.43. The number of allylic oxidation sites excluding steroid dienone is 1. The third-order valence-corrected chi connectivity index (χ3v) is 4.89. The van der Waals surface area contributed by atoms with Crippen LogP contribution in [0.15, 0.2) is 28.2 Å². The van der Waals surface area contributed by atoms with Crippen molar-refractivity contribution in [1.29, 1.82) is 5.26 Å². The standard InChI is InChI=1S/C18H25N5O2/c19-11-15(18(24)25-12-14-4-2-1-3-5-14)16-10-17(22-13-21-16)23-8-6-20-7-9-23/h10,13-14,20H,1-9,12H2,(H,21,22). The average Bonchev–Trinajstić information content (AvgIpc) is 2.69. The Morgan fingerprint density at radius 2 is 2.08 bits per heavy atom. The predicted molar refractivity (Wildman–Crippen MR) is 94.3 cm³/mol. The van der Waals surface area contributed by atoms with Gasteiger partial charge in [0.15, 0.2) is 5.57 Å². The van der Waals surface area contributed by atoms with Gasteiger partial charge in [-0.25, -0.2) is 9.79 Å². The molecule has 3 aliphatic rings. The molecule has 2 fully saturated rings. The third kappa shape index (κ3) is 4.60. The normalized spacial score (nSPS) is 23.3. The van der Waals surface area contributed by atoms with E-state index < -0.39 is 5.97 Å². The molecular formula is C18H25N5O2. The van der Waals surface area contributed by atoms with Crippen LogP contribution in [0.4, 0.5) is 0 Å². The fraction of sp³-hybridized carbons (Fsp3) is 0.611. The summed E-state index contributed by atoms with van der Waals surface area (Å²) in [5.74, 6) is 0.639. The van der Waals surface area contributed by atoms with Crippen molar-refractivity contribution in [2.75, 3.05) is 32.8 Å². The van der Waals surface area contributed by atoms with E-state index in [1.54, 1.807) is 6.08 Å². The van der Waals surface area contributed by atoms with Crippen LogP contribution in [0.5, 0.6) is 0 Å². The summed E-state index contributed by atoms with van der Waals surface area (Å²) in [5.41, 5.74) is 0.467. The van der Waals surface area contributed by atoms with Crippen LogP contribution < -0.4 is 10.6 Å². The maximum atomic E-state index is 12.4. The molecule has 0 radical (unpaired) electrons. The maximum Gasteiger partial charge on any atom is 0.351 e. The average molecular weight is 343 g/mol. The zero-order valence-corrected chi connectivity index (χ0v) is 14.5. The van der Waals surface area contributed by atoms with Gasteiger partial charge in [-0.15, -0.1) is 0 Å². The molecule has 0 spiro atoms. The van der Waals surface area contributed by atoms with Gasteiger partial charge in [0.1, 0.15) is 11.9 Å².